The maximum Gasteiger partial charge on any atom is 0.305 e. The Morgan fingerprint density at radius 3 is 2.82 bits per heavy atom. The van der Waals surface area contributed by atoms with E-state index in [1.165, 1.54) is 0 Å². The van der Waals surface area contributed by atoms with Crippen molar-refractivity contribution in [2.24, 2.45) is 0 Å². The summed E-state index contributed by atoms with van der Waals surface area (Å²) in [5.74, 6) is -0.0753. The molecular formula is C8H16O2Si. The van der Waals surface area contributed by atoms with Crippen molar-refractivity contribution < 1.29 is 9.53 Å². The summed E-state index contributed by atoms with van der Waals surface area (Å²) in [7, 11) is -0.942. The zero-order chi connectivity index (χ0) is 8.69. The predicted octanol–water partition coefficient (Wildman–Crippen LogP) is 1.45. The van der Waals surface area contributed by atoms with Gasteiger partial charge in [0.2, 0.25) is 0 Å². The third-order valence-corrected chi connectivity index (χ3v) is 2.86. The highest BCUT2D eigenvalue weighted by Crippen LogP contribution is 1.92. The number of carbonyl (C=O) groups excluding carboxylic acids is 1. The molecule has 64 valence electrons. The van der Waals surface area contributed by atoms with Crippen molar-refractivity contribution >= 4 is 14.8 Å². The smallest absolute Gasteiger partial charge is 0.305 e. The molecule has 0 spiro atoms. The van der Waals surface area contributed by atoms with Gasteiger partial charge in [-0.2, -0.15) is 0 Å². The summed E-state index contributed by atoms with van der Waals surface area (Å²) in [6, 6.07) is 0. The average molecular weight is 172 g/mol. The van der Waals surface area contributed by atoms with Crippen LogP contribution in [0.2, 0.25) is 6.55 Å². The van der Waals surface area contributed by atoms with Crippen LogP contribution in [0.4, 0.5) is 0 Å². The molecule has 1 atom stereocenters. The first-order valence-corrected chi connectivity index (χ1v) is 6.62. The Hall–Kier alpha value is -0.573. The molecule has 11 heavy (non-hydrogen) atoms. The molecule has 0 saturated carbocycles. The SMILES string of the molecule is C=C[SiH](C)COC(=O)CCC. The Morgan fingerprint density at radius 2 is 2.36 bits per heavy atom. The van der Waals surface area contributed by atoms with Crippen LogP contribution in [0, 0.1) is 0 Å². The molecule has 0 rings (SSSR count). The molecule has 0 aromatic carbocycles. The molecule has 0 heterocycles. The van der Waals surface area contributed by atoms with Gasteiger partial charge in [-0.15, -0.1) is 12.3 Å². The minimum Gasteiger partial charge on any atom is -0.469 e. The van der Waals surface area contributed by atoms with Crippen molar-refractivity contribution in [3.8, 4) is 0 Å². The van der Waals surface area contributed by atoms with E-state index in [0.717, 1.165) is 6.42 Å². The minimum atomic E-state index is -0.942. The number of esters is 1. The van der Waals surface area contributed by atoms with Crippen LogP contribution in [0.1, 0.15) is 19.8 Å². The van der Waals surface area contributed by atoms with Crippen LogP contribution in [0.5, 0.6) is 0 Å². The molecule has 0 saturated heterocycles. The zero-order valence-corrected chi connectivity index (χ0v) is 8.45. The Bertz CT molecular complexity index is 134. The van der Waals surface area contributed by atoms with Gasteiger partial charge in [-0.1, -0.05) is 13.5 Å². The molecule has 0 bridgehead atoms. The van der Waals surface area contributed by atoms with Gasteiger partial charge in [0.15, 0.2) is 0 Å². The van der Waals surface area contributed by atoms with E-state index in [2.05, 4.69) is 13.1 Å². The molecule has 2 nitrogen and oxygen atoms in total. The maximum atomic E-state index is 10.8. The first-order chi connectivity index (χ1) is 5.20. The fourth-order valence-corrected chi connectivity index (χ4v) is 1.15. The summed E-state index contributed by atoms with van der Waals surface area (Å²) in [5.41, 5.74) is 1.92. The molecule has 3 heteroatoms. The van der Waals surface area contributed by atoms with E-state index in [-0.39, 0.29) is 5.97 Å². The van der Waals surface area contributed by atoms with Gasteiger partial charge in [0.1, 0.15) is 8.80 Å². The van der Waals surface area contributed by atoms with Crippen LogP contribution in [0.25, 0.3) is 0 Å². The molecule has 0 aliphatic rings. The van der Waals surface area contributed by atoms with Crippen molar-refractivity contribution in [1.29, 1.82) is 0 Å². The van der Waals surface area contributed by atoms with E-state index in [1.54, 1.807) is 0 Å². The van der Waals surface area contributed by atoms with Gasteiger partial charge in [-0.3, -0.25) is 4.79 Å². The van der Waals surface area contributed by atoms with Crippen LogP contribution in [0.15, 0.2) is 12.3 Å². The van der Waals surface area contributed by atoms with E-state index < -0.39 is 8.80 Å². The molecule has 0 fully saturated rings. The van der Waals surface area contributed by atoms with E-state index in [1.807, 2.05) is 12.6 Å². The van der Waals surface area contributed by atoms with E-state index in [9.17, 15) is 4.79 Å². The summed E-state index contributed by atoms with van der Waals surface area (Å²) < 4.78 is 4.99. The summed E-state index contributed by atoms with van der Waals surface area (Å²) in [6.07, 6.45) is 2.00. The van der Waals surface area contributed by atoms with E-state index in [4.69, 9.17) is 4.74 Å². The lowest BCUT2D eigenvalue weighted by Crippen LogP contribution is -2.17. The molecule has 0 amide bonds. The first kappa shape index (κ1) is 10.4. The Kier molecular flexibility index (Phi) is 5.84. The highest BCUT2D eigenvalue weighted by molar-refractivity contribution is 6.62. The summed E-state index contributed by atoms with van der Waals surface area (Å²) in [5, 5.41) is 0. The fourth-order valence-electron chi connectivity index (χ4n) is 0.569. The summed E-state index contributed by atoms with van der Waals surface area (Å²) in [6.45, 7) is 7.73. The quantitative estimate of drug-likeness (QED) is 0.463. The second-order valence-electron chi connectivity index (χ2n) is 2.65. The monoisotopic (exact) mass is 172 g/mol. The number of ether oxygens (including phenoxy) is 1. The van der Waals surface area contributed by atoms with Gasteiger partial charge in [-0.05, 0) is 6.42 Å². The van der Waals surface area contributed by atoms with Crippen molar-refractivity contribution in [2.75, 3.05) is 6.23 Å². The van der Waals surface area contributed by atoms with Crippen LogP contribution < -0.4 is 0 Å². The Labute approximate surface area is 69.9 Å². The molecule has 0 aliphatic carbocycles. The van der Waals surface area contributed by atoms with Gasteiger partial charge >= 0.3 is 5.97 Å². The van der Waals surface area contributed by atoms with Crippen molar-refractivity contribution in [2.45, 2.75) is 26.3 Å². The van der Waals surface area contributed by atoms with Gasteiger partial charge in [-0.25, -0.2) is 0 Å². The second kappa shape index (κ2) is 6.16. The third kappa shape index (κ3) is 5.85. The van der Waals surface area contributed by atoms with Gasteiger partial charge < -0.3 is 4.74 Å². The molecule has 0 radical (unpaired) electrons. The van der Waals surface area contributed by atoms with Crippen molar-refractivity contribution in [3.05, 3.63) is 12.3 Å². The largest absolute Gasteiger partial charge is 0.469 e. The van der Waals surface area contributed by atoms with Gasteiger partial charge in [0.25, 0.3) is 0 Å². The van der Waals surface area contributed by atoms with Gasteiger partial charge in [0, 0.05) is 6.42 Å². The van der Waals surface area contributed by atoms with Crippen molar-refractivity contribution in [1.82, 2.24) is 0 Å². The standard InChI is InChI=1S/C8H16O2Si/c1-4-6-8(9)10-7-11(3)5-2/h5,11H,2,4,6-7H2,1,3H3. The van der Waals surface area contributed by atoms with Crippen LogP contribution >= 0.6 is 0 Å². The molecule has 1 unspecified atom stereocenters. The number of hydrogen-bond donors (Lipinski definition) is 0. The van der Waals surface area contributed by atoms with Crippen LogP contribution in [0.3, 0.4) is 0 Å². The average Bonchev–Trinajstić information content (AvgIpc) is 2.01. The third-order valence-electron chi connectivity index (χ3n) is 1.36. The molecular weight excluding hydrogens is 156 g/mol. The lowest BCUT2D eigenvalue weighted by Gasteiger charge is -2.05. The number of carbonyl (C=O) groups is 1. The van der Waals surface area contributed by atoms with Gasteiger partial charge in [0.05, 0.1) is 6.23 Å². The Morgan fingerprint density at radius 1 is 1.73 bits per heavy atom. The normalized spacial score (nSPS) is 12.2. The highest BCUT2D eigenvalue weighted by atomic mass is 28.3. The Balaban J connectivity index is 3.37. The maximum absolute atomic E-state index is 10.8. The predicted molar refractivity (Wildman–Crippen MR) is 49.1 cm³/mol. The van der Waals surface area contributed by atoms with E-state index in [0.29, 0.717) is 12.7 Å². The van der Waals surface area contributed by atoms with Crippen LogP contribution in [-0.4, -0.2) is 21.0 Å². The highest BCUT2D eigenvalue weighted by Gasteiger charge is 2.03. The molecule has 0 aromatic rings. The van der Waals surface area contributed by atoms with Crippen molar-refractivity contribution in [3.63, 3.8) is 0 Å². The number of rotatable bonds is 5. The lowest BCUT2D eigenvalue weighted by molar-refractivity contribution is -0.141. The lowest BCUT2D eigenvalue weighted by atomic mass is 10.3. The topological polar surface area (TPSA) is 26.3 Å². The summed E-state index contributed by atoms with van der Waals surface area (Å²) in [4.78, 5) is 10.8. The fraction of sp³-hybridized carbons (Fsp3) is 0.625. The zero-order valence-electron chi connectivity index (χ0n) is 7.30. The van der Waals surface area contributed by atoms with E-state index >= 15 is 0 Å². The van der Waals surface area contributed by atoms with Crippen LogP contribution in [-0.2, 0) is 9.53 Å². The minimum absolute atomic E-state index is 0.0753. The molecule has 0 N–H and O–H groups in total. The number of hydrogen-bond acceptors (Lipinski definition) is 2. The second-order valence-corrected chi connectivity index (χ2v) is 5.41. The first-order valence-electron chi connectivity index (χ1n) is 3.98. The summed E-state index contributed by atoms with van der Waals surface area (Å²) >= 11 is 0. The molecule has 0 aromatic heterocycles. The molecule has 0 aliphatic heterocycles.